The molecule has 3 aromatic rings. The van der Waals surface area contributed by atoms with E-state index in [1.54, 1.807) is 36.4 Å². The van der Waals surface area contributed by atoms with E-state index in [1.165, 1.54) is 25.0 Å². The molecule has 10 nitrogen and oxygen atoms in total. The molecule has 0 unspecified atom stereocenters. The number of aromatic nitrogens is 1. The average Bonchev–Trinajstić information content (AvgIpc) is 3.27. The fourth-order valence-corrected chi connectivity index (χ4v) is 5.71. The van der Waals surface area contributed by atoms with Crippen molar-refractivity contribution in [3.63, 3.8) is 0 Å². The van der Waals surface area contributed by atoms with Gasteiger partial charge in [0.15, 0.2) is 28.7 Å². The first kappa shape index (κ1) is 30.2. The number of esters is 2. The predicted octanol–water partition coefficient (Wildman–Crippen LogP) is 3.67. The Bertz CT molecular complexity index is 1670. The van der Waals surface area contributed by atoms with Gasteiger partial charge in [-0.25, -0.2) is 14.6 Å². The first-order valence-corrected chi connectivity index (χ1v) is 14.0. The van der Waals surface area contributed by atoms with Crippen molar-refractivity contribution in [3.05, 3.63) is 83.0 Å². The van der Waals surface area contributed by atoms with Crippen molar-refractivity contribution in [1.82, 2.24) is 4.57 Å². The van der Waals surface area contributed by atoms with Gasteiger partial charge in [-0.1, -0.05) is 40.6 Å². The summed E-state index contributed by atoms with van der Waals surface area (Å²) in [7, 11) is 2.50. The van der Waals surface area contributed by atoms with Crippen LogP contribution in [-0.4, -0.2) is 50.5 Å². The van der Waals surface area contributed by atoms with Gasteiger partial charge < -0.3 is 23.7 Å². The first-order valence-electron chi connectivity index (χ1n) is 12.4. The van der Waals surface area contributed by atoms with Crippen molar-refractivity contribution in [2.24, 2.45) is 4.99 Å². The fraction of sp³-hybridized carbons (Fsp3) is 0.286. The van der Waals surface area contributed by atoms with Crippen molar-refractivity contribution in [3.8, 4) is 17.2 Å². The van der Waals surface area contributed by atoms with Crippen LogP contribution in [-0.2, 0) is 19.1 Å². The van der Waals surface area contributed by atoms with Gasteiger partial charge in [0.05, 0.1) is 53.6 Å². The van der Waals surface area contributed by atoms with Crippen LogP contribution in [0.2, 0.25) is 10.0 Å². The zero-order chi connectivity index (χ0) is 29.7. The number of methoxy groups -OCH3 is 2. The molecule has 1 atom stereocenters. The lowest BCUT2D eigenvalue weighted by atomic mass is 9.97. The topological polar surface area (TPSA) is 115 Å². The first-order chi connectivity index (χ1) is 19.7. The molecule has 0 bridgehead atoms. The van der Waals surface area contributed by atoms with Crippen LogP contribution in [0.1, 0.15) is 31.0 Å². The number of carbonyl (C=O) groups is 2. The number of rotatable bonds is 10. The summed E-state index contributed by atoms with van der Waals surface area (Å²) in [6.07, 6.45) is 3.01. The Balaban J connectivity index is 1.82. The van der Waals surface area contributed by atoms with E-state index < -0.39 is 23.5 Å². The number of fused-ring (bicyclic) bond motifs is 1. The Morgan fingerprint density at radius 1 is 1.00 bits per heavy atom. The highest BCUT2D eigenvalue weighted by Gasteiger charge is 2.31. The van der Waals surface area contributed by atoms with Crippen molar-refractivity contribution in [2.45, 2.75) is 19.9 Å². The zero-order valence-electron chi connectivity index (χ0n) is 22.6. The largest absolute Gasteiger partial charge is 0.490 e. The molecule has 2 heterocycles. The Morgan fingerprint density at radius 2 is 1.68 bits per heavy atom. The Labute approximate surface area is 249 Å². The normalized spacial score (nSPS) is 14.4. The molecule has 13 heteroatoms. The smallest absolute Gasteiger partial charge is 0.343 e. The second-order valence-electron chi connectivity index (χ2n) is 8.43. The summed E-state index contributed by atoms with van der Waals surface area (Å²) >= 11 is 13.8. The predicted molar refractivity (Wildman–Crippen MR) is 154 cm³/mol. The van der Waals surface area contributed by atoms with E-state index in [1.807, 2.05) is 13.8 Å². The molecule has 41 heavy (non-hydrogen) atoms. The van der Waals surface area contributed by atoms with Crippen molar-refractivity contribution in [1.29, 1.82) is 0 Å². The minimum absolute atomic E-state index is 0.112. The molecule has 1 aromatic heterocycles. The van der Waals surface area contributed by atoms with E-state index in [-0.39, 0.29) is 28.0 Å². The lowest BCUT2D eigenvalue weighted by Gasteiger charge is -2.23. The summed E-state index contributed by atoms with van der Waals surface area (Å²) in [4.78, 5) is 42.7. The monoisotopic (exact) mass is 620 g/mol. The highest BCUT2D eigenvalue weighted by molar-refractivity contribution is 7.07. The fourth-order valence-electron chi connectivity index (χ4n) is 4.13. The van der Waals surface area contributed by atoms with E-state index in [2.05, 4.69) is 9.73 Å². The minimum atomic E-state index is -0.836. The molecule has 216 valence electrons. The third kappa shape index (κ3) is 6.42. The van der Waals surface area contributed by atoms with Gasteiger partial charge in [-0.2, -0.15) is 0 Å². The van der Waals surface area contributed by atoms with Crippen molar-refractivity contribution in [2.75, 3.05) is 34.0 Å². The summed E-state index contributed by atoms with van der Waals surface area (Å²) in [6.45, 7) is 4.18. The molecule has 1 aliphatic heterocycles. The Morgan fingerprint density at radius 3 is 2.32 bits per heavy atom. The second kappa shape index (κ2) is 13.2. The molecule has 2 aromatic carbocycles. The summed E-state index contributed by atoms with van der Waals surface area (Å²) < 4.78 is 28.2. The molecule has 0 saturated heterocycles. The quantitative estimate of drug-likeness (QED) is 0.315. The maximum Gasteiger partial charge on any atom is 0.343 e. The van der Waals surface area contributed by atoms with E-state index in [4.69, 9.17) is 42.1 Å². The maximum atomic E-state index is 13.8. The number of ether oxygens (including phenoxy) is 5. The molecule has 0 aliphatic carbocycles. The average molecular weight is 621 g/mol. The lowest BCUT2D eigenvalue weighted by Crippen LogP contribution is -2.39. The van der Waals surface area contributed by atoms with E-state index in [0.29, 0.717) is 45.2 Å². The van der Waals surface area contributed by atoms with Crippen LogP contribution in [0, 0.1) is 0 Å². The van der Waals surface area contributed by atoms with Crippen LogP contribution < -0.4 is 29.1 Å². The number of halogens is 2. The highest BCUT2D eigenvalue weighted by atomic mass is 35.5. The van der Waals surface area contributed by atoms with Crippen LogP contribution >= 0.6 is 34.5 Å². The number of carbonyl (C=O) groups excluding carboxylic acids is 2. The van der Waals surface area contributed by atoms with Crippen LogP contribution in [0.4, 0.5) is 0 Å². The van der Waals surface area contributed by atoms with Gasteiger partial charge in [-0.15, -0.1) is 0 Å². The standard InChI is InChI=1S/C28H26Cl2N2O8S/c1-5-38-20-8-7-16(12-21(20)39-6-2)24-17(27(35)37-4)13-31-28-32(24)26(34)22(41-28)11-15-9-18(29)25(19(30)10-15)40-14-23(33)36-3/h7-13,24H,5-6,14H2,1-4H3/b22-11-/t24-/m1/s1. The van der Waals surface area contributed by atoms with Crippen LogP contribution in [0.5, 0.6) is 17.2 Å². The number of hydrogen-bond donors (Lipinski definition) is 0. The number of thiazole rings is 1. The van der Waals surface area contributed by atoms with Gasteiger partial charge in [-0.3, -0.25) is 9.36 Å². The van der Waals surface area contributed by atoms with Crippen molar-refractivity contribution < 1.29 is 33.3 Å². The molecule has 0 N–H and O–H groups in total. The SMILES string of the molecule is CCOc1ccc([C@@H]2C(C(=O)OC)=CN=c3s/c(=C\c4cc(Cl)c(OCC(=O)OC)c(Cl)c4)c(=O)n32)cc1OCC. The molecular weight excluding hydrogens is 595 g/mol. The van der Waals surface area contributed by atoms with Crippen molar-refractivity contribution >= 4 is 52.6 Å². The van der Waals surface area contributed by atoms with Gasteiger partial charge in [0.25, 0.3) is 5.56 Å². The molecule has 1 aliphatic rings. The third-order valence-corrected chi connectivity index (χ3v) is 7.45. The summed E-state index contributed by atoms with van der Waals surface area (Å²) in [5.41, 5.74) is 0.906. The molecule has 0 amide bonds. The van der Waals surface area contributed by atoms with Crippen LogP contribution in [0.3, 0.4) is 0 Å². The molecular formula is C28H26Cl2N2O8S. The molecule has 0 spiro atoms. The Hall–Kier alpha value is -3.80. The molecule has 0 radical (unpaired) electrons. The van der Waals surface area contributed by atoms with Gasteiger partial charge in [0.2, 0.25) is 0 Å². The van der Waals surface area contributed by atoms with Gasteiger partial charge in [0, 0.05) is 6.20 Å². The van der Waals surface area contributed by atoms with Gasteiger partial charge >= 0.3 is 11.9 Å². The minimum Gasteiger partial charge on any atom is -0.490 e. The summed E-state index contributed by atoms with van der Waals surface area (Å²) in [6, 6.07) is 7.52. The maximum absolute atomic E-state index is 13.8. The molecule has 0 fully saturated rings. The second-order valence-corrected chi connectivity index (χ2v) is 10.3. The third-order valence-electron chi connectivity index (χ3n) is 5.89. The summed E-state index contributed by atoms with van der Waals surface area (Å²) in [5.74, 6) is -0.0818. The lowest BCUT2D eigenvalue weighted by molar-refractivity contribution is -0.143. The van der Waals surface area contributed by atoms with Crippen LogP contribution in [0.15, 0.2) is 51.9 Å². The van der Waals surface area contributed by atoms with Gasteiger partial charge in [0.1, 0.15) is 0 Å². The number of nitrogens with zero attached hydrogens (tertiary/aromatic N) is 2. The molecule has 4 rings (SSSR count). The number of hydrogen-bond acceptors (Lipinski definition) is 10. The van der Waals surface area contributed by atoms with E-state index in [9.17, 15) is 14.4 Å². The highest BCUT2D eigenvalue weighted by Crippen LogP contribution is 2.36. The molecule has 0 saturated carbocycles. The van der Waals surface area contributed by atoms with E-state index >= 15 is 0 Å². The van der Waals surface area contributed by atoms with Crippen LogP contribution in [0.25, 0.3) is 6.08 Å². The zero-order valence-corrected chi connectivity index (χ0v) is 24.9. The summed E-state index contributed by atoms with van der Waals surface area (Å²) in [5, 5.41) is 0.285. The Kier molecular flexibility index (Phi) is 9.74. The number of benzene rings is 2. The van der Waals surface area contributed by atoms with E-state index in [0.717, 1.165) is 11.3 Å². The van der Waals surface area contributed by atoms with Gasteiger partial charge in [-0.05, 0) is 55.3 Å².